The number of anilines is 1. The van der Waals surface area contributed by atoms with Gasteiger partial charge in [-0.05, 0) is 37.6 Å². The molecular weight excluding hydrogens is 396 g/mol. The molecule has 6 heteroatoms. The second-order valence-corrected chi connectivity index (χ2v) is 8.25. The predicted octanol–water partition coefficient (Wildman–Crippen LogP) is 5.35. The van der Waals surface area contributed by atoms with Gasteiger partial charge in [-0.2, -0.15) is 0 Å². The minimum atomic E-state index is 0.147. The number of halogens is 1. The number of hydrogen-bond donors (Lipinski definition) is 0. The van der Waals surface area contributed by atoms with Crippen LogP contribution < -0.4 is 4.90 Å². The first-order chi connectivity index (χ1) is 14.6. The van der Waals surface area contributed by atoms with Gasteiger partial charge in [-0.25, -0.2) is 9.97 Å². The van der Waals surface area contributed by atoms with E-state index in [1.54, 1.807) is 6.33 Å². The Morgan fingerprint density at radius 2 is 1.73 bits per heavy atom. The number of ether oxygens (including phenoxy) is 1. The lowest BCUT2D eigenvalue weighted by Crippen LogP contribution is -2.46. The van der Waals surface area contributed by atoms with E-state index in [0.29, 0.717) is 5.02 Å². The third-order valence-electron chi connectivity index (χ3n) is 5.45. The third-order valence-corrected chi connectivity index (χ3v) is 5.69. The lowest BCUT2D eigenvalue weighted by atomic mass is 10.1. The molecule has 152 valence electrons. The maximum atomic E-state index is 6.29. The quantitative estimate of drug-likeness (QED) is 0.449. The molecule has 0 amide bonds. The minimum absolute atomic E-state index is 0.147. The summed E-state index contributed by atoms with van der Waals surface area (Å²) < 4.78 is 8.05. The van der Waals surface area contributed by atoms with Gasteiger partial charge in [-0.15, -0.1) is 0 Å². The fraction of sp³-hybridized carbons (Fsp3) is 0.250. The highest BCUT2D eigenvalue weighted by Crippen LogP contribution is 2.37. The molecule has 2 atom stereocenters. The Morgan fingerprint density at radius 1 is 0.967 bits per heavy atom. The van der Waals surface area contributed by atoms with Gasteiger partial charge in [0, 0.05) is 35.6 Å². The molecule has 3 heterocycles. The summed E-state index contributed by atoms with van der Waals surface area (Å²) in [4.78, 5) is 11.7. The molecule has 1 saturated heterocycles. The number of morpholine rings is 1. The molecule has 5 nitrogen and oxygen atoms in total. The van der Waals surface area contributed by atoms with Crippen LogP contribution in [-0.4, -0.2) is 39.8 Å². The smallest absolute Gasteiger partial charge is 0.150 e. The van der Waals surface area contributed by atoms with Crippen LogP contribution in [0.4, 0.5) is 5.82 Å². The Hall–Kier alpha value is -2.89. The molecule has 4 aromatic rings. The molecule has 2 unspecified atom stereocenters. The fourth-order valence-corrected chi connectivity index (χ4v) is 4.48. The SMILES string of the molecule is CC1CN(c2ncnc3c2c(-c2ccccc2)cn3-c2cccc(Cl)c2)CC(C)O1. The zero-order chi connectivity index (χ0) is 20.7. The van der Waals surface area contributed by atoms with Crippen molar-refractivity contribution in [2.45, 2.75) is 26.1 Å². The van der Waals surface area contributed by atoms with E-state index in [-0.39, 0.29) is 12.2 Å². The van der Waals surface area contributed by atoms with Crippen molar-refractivity contribution in [1.29, 1.82) is 0 Å². The van der Waals surface area contributed by atoms with Gasteiger partial charge in [-0.3, -0.25) is 0 Å². The van der Waals surface area contributed by atoms with Gasteiger partial charge in [0.2, 0.25) is 0 Å². The van der Waals surface area contributed by atoms with E-state index in [1.807, 2.05) is 30.3 Å². The van der Waals surface area contributed by atoms with E-state index in [9.17, 15) is 0 Å². The van der Waals surface area contributed by atoms with Gasteiger partial charge in [0.1, 0.15) is 12.1 Å². The van der Waals surface area contributed by atoms with E-state index in [2.05, 4.69) is 58.8 Å². The van der Waals surface area contributed by atoms with Gasteiger partial charge < -0.3 is 14.2 Å². The first-order valence-electron chi connectivity index (χ1n) is 10.2. The van der Waals surface area contributed by atoms with Crippen LogP contribution in [-0.2, 0) is 4.74 Å². The second-order valence-electron chi connectivity index (χ2n) is 7.82. The largest absolute Gasteiger partial charge is 0.372 e. The first-order valence-corrected chi connectivity index (χ1v) is 10.6. The molecule has 0 spiro atoms. The topological polar surface area (TPSA) is 43.2 Å². The predicted molar refractivity (Wildman–Crippen MR) is 122 cm³/mol. The van der Waals surface area contributed by atoms with Crippen LogP contribution in [0.1, 0.15) is 13.8 Å². The van der Waals surface area contributed by atoms with Gasteiger partial charge in [0.25, 0.3) is 0 Å². The van der Waals surface area contributed by atoms with Gasteiger partial charge >= 0.3 is 0 Å². The van der Waals surface area contributed by atoms with Crippen molar-refractivity contribution in [1.82, 2.24) is 14.5 Å². The summed E-state index contributed by atoms with van der Waals surface area (Å²) in [5.74, 6) is 0.946. The lowest BCUT2D eigenvalue weighted by Gasteiger charge is -2.36. The van der Waals surface area contributed by atoms with E-state index in [0.717, 1.165) is 46.8 Å². The summed E-state index contributed by atoms with van der Waals surface area (Å²) in [7, 11) is 0. The molecule has 0 saturated carbocycles. The fourth-order valence-electron chi connectivity index (χ4n) is 4.30. The summed E-state index contributed by atoms with van der Waals surface area (Å²) in [6.07, 6.45) is 4.08. The molecule has 2 aromatic heterocycles. The molecule has 5 rings (SSSR count). The molecule has 0 aliphatic carbocycles. The highest BCUT2D eigenvalue weighted by molar-refractivity contribution is 6.30. The van der Waals surface area contributed by atoms with E-state index >= 15 is 0 Å². The molecule has 0 bridgehead atoms. The maximum Gasteiger partial charge on any atom is 0.150 e. The molecule has 0 radical (unpaired) electrons. The first kappa shape index (κ1) is 19.1. The number of hydrogen-bond acceptors (Lipinski definition) is 4. The van der Waals surface area contributed by atoms with Crippen molar-refractivity contribution in [2.75, 3.05) is 18.0 Å². The Labute approximate surface area is 180 Å². The highest BCUT2D eigenvalue weighted by atomic mass is 35.5. The van der Waals surface area contributed by atoms with Gasteiger partial charge in [-0.1, -0.05) is 48.0 Å². The number of nitrogens with zero attached hydrogens (tertiary/aromatic N) is 4. The van der Waals surface area contributed by atoms with Crippen LogP contribution in [0.15, 0.2) is 67.1 Å². The number of fused-ring (bicyclic) bond motifs is 1. The standard InChI is InChI=1S/C24H23ClN4O/c1-16-12-28(13-17(2)30-16)23-22-21(18-7-4-3-5-8-18)14-29(24(22)27-15-26-23)20-10-6-9-19(25)11-20/h3-11,14-17H,12-13H2,1-2H3. The van der Waals surface area contributed by atoms with Crippen LogP contribution in [0, 0.1) is 0 Å². The van der Waals surface area contributed by atoms with Gasteiger partial charge in [0.05, 0.1) is 17.6 Å². The highest BCUT2D eigenvalue weighted by Gasteiger charge is 2.27. The van der Waals surface area contributed by atoms with Crippen molar-refractivity contribution >= 4 is 28.5 Å². The maximum absolute atomic E-state index is 6.29. The number of rotatable bonds is 3. The number of benzene rings is 2. The summed E-state index contributed by atoms with van der Waals surface area (Å²) >= 11 is 6.29. The van der Waals surface area contributed by atoms with E-state index in [1.165, 1.54) is 0 Å². The number of aromatic nitrogens is 3. The average molecular weight is 419 g/mol. The van der Waals surface area contributed by atoms with Crippen molar-refractivity contribution < 1.29 is 4.74 Å². The Kier molecular flexibility index (Phi) is 4.93. The molecule has 30 heavy (non-hydrogen) atoms. The molecule has 2 aromatic carbocycles. The van der Waals surface area contributed by atoms with Crippen molar-refractivity contribution in [3.8, 4) is 16.8 Å². The Balaban J connectivity index is 1.76. The summed E-state index contributed by atoms with van der Waals surface area (Å²) in [5, 5.41) is 1.74. The molecular formula is C24H23ClN4O. The lowest BCUT2D eigenvalue weighted by molar-refractivity contribution is -0.00537. The Bertz CT molecular complexity index is 1180. The molecule has 1 aliphatic rings. The van der Waals surface area contributed by atoms with Crippen LogP contribution in [0.25, 0.3) is 27.8 Å². The van der Waals surface area contributed by atoms with Crippen LogP contribution in [0.2, 0.25) is 5.02 Å². The normalized spacial score (nSPS) is 19.4. The second kappa shape index (κ2) is 7.74. The van der Waals surface area contributed by atoms with Gasteiger partial charge in [0.15, 0.2) is 5.65 Å². The zero-order valence-electron chi connectivity index (χ0n) is 17.0. The van der Waals surface area contributed by atoms with Crippen molar-refractivity contribution in [3.05, 3.63) is 72.1 Å². The van der Waals surface area contributed by atoms with E-state index < -0.39 is 0 Å². The van der Waals surface area contributed by atoms with Crippen LogP contribution in [0.3, 0.4) is 0 Å². The Morgan fingerprint density at radius 3 is 2.47 bits per heavy atom. The molecule has 0 N–H and O–H groups in total. The summed E-state index contributed by atoms with van der Waals surface area (Å²) in [5.41, 5.74) is 4.08. The molecule has 1 aliphatic heterocycles. The van der Waals surface area contributed by atoms with E-state index in [4.69, 9.17) is 21.3 Å². The molecule has 1 fully saturated rings. The third kappa shape index (κ3) is 3.44. The van der Waals surface area contributed by atoms with Crippen LogP contribution in [0.5, 0.6) is 0 Å². The minimum Gasteiger partial charge on any atom is -0.372 e. The van der Waals surface area contributed by atoms with Crippen molar-refractivity contribution in [2.24, 2.45) is 0 Å². The summed E-state index contributed by atoms with van der Waals surface area (Å²) in [6.45, 7) is 5.81. The zero-order valence-corrected chi connectivity index (χ0v) is 17.8. The van der Waals surface area contributed by atoms with Crippen LogP contribution >= 0.6 is 11.6 Å². The monoisotopic (exact) mass is 418 g/mol. The summed E-state index contributed by atoms with van der Waals surface area (Å²) in [6, 6.07) is 18.2. The van der Waals surface area contributed by atoms with Crippen molar-refractivity contribution in [3.63, 3.8) is 0 Å². The average Bonchev–Trinajstić information content (AvgIpc) is 3.13.